The van der Waals surface area contributed by atoms with Gasteiger partial charge in [-0.25, -0.2) is 9.37 Å². The molecule has 0 radical (unpaired) electrons. The molecule has 0 atom stereocenters. The quantitative estimate of drug-likeness (QED) is 0.574. The van der Waals surface area contributed by atoms with Gasteiger partial charge in [-0.15, -0.1) is 0 Å². The Labute approximate surface area is 147 Å². The maximum absolute atomic E-state index is 13.6. The summed E-state index contributed by atoms with van der Waals surface area (Å²) in [4.78, 5) is 16.1. The average molecular weight is 395 g/mol. The Morgan fingerprint density at radius 1 is 1.38 bits per heavy atom. The van der Waals surface area contributed by atoms with Gasteiger partial charge in [0.15, 0.2) is 0 Å². The third-order valence-corrected chi connectivity index (χ3v) is 3.42. The van der Waals surface area contributed by atoms with Crippen molar-refractivity contribution in [3.63, 3.8) is 0 Å². The molecule has 0 spiro atoms. The van der Waals surface area contributed by atoms with Crippen LogP contribution in [0.15, 0.2) is 47.1 Å². The number of amides is 1. The van der Waals surface area contributed by atoms with Crippen LogP contribution in [0.3, 0.4) is 0 Å². The first-order valence-corrected chi connectivity index (χ1v) is 7.90. The van der Waals surface area contributed by atoms with Gasteiger partial charge in [-0.1, -0.05) is 15.9 Å². The van der Waals surface area contributed by atoms with Gasteiger partial charge in [0.25, 0.3) is 0 Å². The first kappa shape index (κ1) is 18.1. The molecule has 0 aliphatic carbocycles. The summed E-state index contributed by atoms with van der Waals surface area (Å²) >= 11 is 3.26. The molecule has 0 aliphatic rings. The van der Waals surface area contributed by atoms with Crippen LogP contribution in [-0.4, -0.2) is 31.2 Å². The van der Waals surface area contributed by atoms with Gasteiger partial charge >= 0.3 is 0 Å². The molecule has 1 heterocycles. The zero-order valence-electron chi connectivity index (χ0n) is 13.0. The van der Waals surface area contributed by atoms with E-state index in [-0.39, 0.29) is 0 Å². The van der Waals surface area contributed by atoms with E-state index in [1.165, 1.54) is 18.2 Å². The molecule has 0 unspecified atom stereocenters. The topological polar surface area (TPSA) is 60.5 Å². The number of aromatic nitrogens is 1. The fourth-order valence-electron chi connectivity index (χ4n) is 1.80. The van der Waals surface area contributed by atoms with Crippen molar-refractivity contribution in [2.75, 3.05) is 25.6 Å². The van der Waals surface area contributed by atoms with Crippen molar-refractivity contribution in [1.29, 1.82) is 0 Å². The van der Waals surface area contributed by atoms with Gasteiger partial charge < -0.3 is 14.8 Å². The average Bonchev–Trinajstić information content (AvgIpc) is 2.57. The molecule has 126 valence electrons. The molecule has 5 nitrogen and oxygen atoms in total. The molecular formula is C17H16BrFN2O3. The highest BCUT2D eigenvalue weighted by Gasteiger charge is 2.07. The van der Waals surface area contributed by atoms with Crippen LogP contribution in [0.4, 0.5) is 10.1 Å². The van der Waals surface area contributed by atoms with Crippen LogP contribution in [0, 0.1) is 5.82 Å². The van der Waals surface area contributed by atoms with E-state index in [0.717, 1.165) is 4.47 Å². The molecule has 0 bridgehead atoms. The van der Waals surface area contributed by atoms with Crippen molar-refractivity contribution in [3.8, 4) is 5.88 Å². The summed E-state index contributed by atoms with van der Waals surface area (Å²) in [5, 5.41) is 2.65. The van der Waals surface area contributed by atoms with Crippen molar-refractivity contribution in [2.24, 2.45) is 0 Å². The second kappa shape index (κ2) is 9.14. The zero-order chi connectivity index (χ0) is 17.4. The number of hydrogen-bond acceptors (Lipinski definition) is 4. The lowest BCUT2D eigenvalue weighted by Gasteiger charge is -2.09. The van der Waals surface area contributed by atoms with Crippen LogP contribution in [0.25, 0.3) is 6.08 Å². The number of rotatable bonds is 7. The third kappa shape index (κ3) is 5.43. The second-order valence-electron chi connectivity index (χ2n) is 4.69. The number of nitrogens with zero attached hydrogens (tertiary/aromatic N) is 1. The fraction of sp³-hybridized carbons (Fsp3) is 0.176. The van der Waals surface area contributed by atoms with E-state index in [9.17, 15) is 9.18 Å². The SMILES string of the molecule is COCCOc1ncccc1NC(=O)/C=C/c1cc(Br)ccc1F. The molecule has 24 heavy (non-hydrogen) atoms. The number of halogens is 2. The number of anilines is 1. The summed E-state index contributed by atoms with van der Waals surface area (Å²) < 4.78 is 24.7. The molecular weight excluding hydrogens is 379 g/mol. The van der Waals surface area contributed by atoms with Crippen LogP contribution in [-0.2, 0) is 9.53 Å². The molecule has 0 aliphatic heterocycles. The van der Waals surface area contributed by atoms with Crippen molar-refractivity contribution in [3.05, 3.63) is 58.5 Å². The molecule has 0 saturated carbocycles. The number of pyridine rings is 1. The molecule has 7 heteroatoms. The predicted molar refractivity (Wildman–Crippen MR) is 93.4 cm³/mol. The predicted octanol–water partition coefficient (Wildman–Crippen LogP) is 3.66. The van der Waals surface area contributed by atoms with Gasteiger partial charge in [-0.2, -0.15) is 0 Å². The summed E-state index contributed by atoms with van der Waals surface area (Å²) in [6.45, 7) is 0.724. The Bertz CT molecular complexity index is 738. The molecule has 1 amide bonds. The number of hydrogen-bond donors (Lipinski definition) is 1. The molecule has 2 rings (SSSR count). The van der Waals surface area contributed by atoms with Gasteiger partial charge in [0.2, 0.25) is 11.8 Å². The lowest BCUT2D eigenvalue weighted by molar-refractivity contribution is -0.111. The summed E-state index contributed by atoms with van der Waals surface area (Å²) in [6, 6.07) is 7.84. The summed E-state index contributed by atoms with van der Waals surface area (Å²) in [6.07, 6.45) is 4.21. The van der Waals surface area contributed by atoms with Crippen LogP contribution in [0.5, 0.6) is 5.88 Å². The second-order valence-corrected chi connectivity index (χ2v) is 5.60. The van der Waals surface area contributed by atoms with Gasteiger partial charge in [-0.3, -0.25) is 4.79 Å². The highest BCUT2D eigenvalue weighted by molar-refractivity contribution is 9.10. The van der Waals surface area contributed by atoms with Gasteiger partial charge in [0.1, 0.15) is 18.1 Å². The Morgan fingerprint density at radius 3 is 3.00 bits per heavy atom. The van der Waals surface area contributed by atoms with Crippen molar-refractivity contribution in [2.45, 2.75) is 0 Å². The van der Waals surface area contributed by atoms with E-state index in [1.807, 2.05) is 0 Å². The van der Waals surface area contributed by atoms with Crippen LogP contribution >= 0.6 is 15.9 Å². The Balaban J connectivity index is 2.04. The number of carbonyl (C=O) groups is 1. The summed E-state index contributed by atoms with van der Waals surface area (Å²) in [5.74, 6) is -0.531. The summed E-state index contributed by atoms with van der Waals surface area (Å²) in [7, 11) is 1.57. The number of nitrogens with one attached hydrogen (secondary N) is 1. The monoisotopic (exact) mass is 394 g/mol. The van der Waals surface area contributed by atoms with Gasteiger partial charge in [0.05, 0.1) is 6.61 Å². The highest BCUT2D eigenvalue weighted by atomic mass is 79.9. The normalized spacial score (nSPS) is 10.8. The lowest BCUT2D eigenvalue weighted by atomic mass is 10.2. The fourth-order valence-corrected chi connectivity index (χ4v) is 2.18. The molecule has 2 aromatic rings. The molecule has 0 saturated heterocycles. The van der Waals surface area contributed by atoms with Gasteiger partial charge in [-0.05, 0) is 36.4 Å². The molecule has 1 aromatic carbocycles. The van der Waals surface area contributed by atoms with Crippen molar-refractivity contribution in [1.82, 2.24) is 4.98 Å². The minimum Gasteiger partial charge on any atom is -0.474 e. The zero-order valence-corrected chi connectivity index (χ0v) is 14.5. The molecule has 0 fully saturated rings. The summed E-state index contributed by atoms with van der Waals surface area (Å²) in [5.41, 5.74) is 0.736. The Hall–Kier alpha value is -2.25. The minimum absolute atomic E-state index is 0.296. The van der Waals surface area contributed by atoms with Crippen molar-refractivity contribution >= 4 is 33.6 Å². The number of benzene rings is 1. The van der Waals surface area contributed by atoms with Gasteiger partial charge in [0, 0.05) is 29.4 Å². The molecule has 1 N–H and O–H groups in total. The minimum atomic E-state index is -0.418. The van der Waals surface area contributed by atoms with E-state index < -0.39 is 11.7 Å². The van der Waals surface area contributed by atoms with Crippen LogP contribution in [0.2, 0.25) is 0 Å². The van der Waals surface area contributed by atoms with Crippen molar-refractivity contribution < 1.29 is 18.7 Å². The van der Waals surface area contributed by atoms with E-state index >= 15 is 0 Å². The largest absolute Gasteiger partial charge is 0.474 e. The first-order valence-electron chi connectivity index (χ1n) is 7.11. The standard InChI is InChI=1S/C17H16BrFN2O3/c1-23-9-10-24-17-15(3-2-8-20-17)21-16(22)7-4-12-11-13(18)5-6-14(12)19/h2-8,11H,9-10H2,1H3,(H,21,22)/b7-4+. The maximum Gasteiger partial charge on any atom is 0.248 e. The third-order valence-electron chi connectivity index (χ3n) is 2.93. The Kier molecular flexibility index (Phi) is 6.89. The van der Waals surface area contributed by atoms with Crippen LogP contribution in [0.1, 0.15) is 5.56 Å². The number of carbonyl (C=O) groups excluding carboxylic acids is 1. The van der Waals surface area contributed by atoms with Crippen LogP contribution < -0.4 is 10.1 Å². The first-order chi connectivity index (χ1) is 11.6. The smallest absolute Gasteiger partial charge is 0.248 e. The molecule has 1 aromatic heterocycles. The Morgan fingerprint density at radius 2 is 2.21 bits per heavy atom. The number of methoxy groups -OCH3 is 1. The highest BCUT2D eigenvalue weighted by Crippen LogP contribution is 2.21. The van der Waals surface area contributed by atoms with E-state index in [4.69, 9.17) is 9.47 Å². The van der Waals surface area contributed by atoms with E-state index in [2.05, 4.69) is 26.2 Å². The maximum atomic E-state index is 13.6. The van der Waals surface area contributed by atoms with E-state index in [1.54, 1.807) is 37.6 Å². The van der Waals surface area contributed by atoms with E-state index in [0.29, 0.717) is 30.3 Å². The number of ether oxygens (including phenoxy) is 2. The lowest BCUT2D eigenvalue weighted by Crippen LogP contribution is -2.12.